The largest absolute Gasteiger partial charge is 0.439 e. The number of sulfone groups is 1. The number of benzene rings is 2. The first-order valence-electron chi connectivity index (χ1n) is 9.56. The van der Waals surface area contributed by atoms with Gasteiger partial charge in [0.15, 0.2) is 10.1 Å². The number of anilines is 1. The lowest BCUT2D eigenvalue weighted by Gasteiger charge is -2.02. The van der Waals surface area contributed by atoms with Crippen LogP contribution in [0.15, 0.2) is 79.4 Å². The van der Waals surface area contributed by atoms with Gasteiger partial charge in [0.2, 0.25) is 20.1 Å². The van der Waals surface area contributed by atoms with E-state index in [4.69, 9.17) is 4.42 Å². The van der Waals surface area contributed by atoms with Crippen LogP contribution in [0.25, 0.3) is 0 Å². The Morgan fingerprint density at radius 3 is 2.31 bits per heavy atom. The molecule has 4 rings (SSSR count). The molecule has 2 aromatic carbocycles. The molecule has 2 heterocycles. The van der Waals surface area contributed by atoms with Gasteiger partial charge < -0.3 is 4.42 Å². The third-order valence-electron chi connectivity index (χ3n) is 4.51. The lowest BCUT2D eigenvalue weighted by atomic mass is 10.2. The molecule has 0 aliphatic carbocycles. The summed E-state index contributed by atoms with van der Waals surface area (Å²) in [4.78, 5) is 12.6. The molecule has 0 atom stereocenters. The topological polar surface area (TPSA) is 102 Å². The van der Waals surface area contributed by atoms with Gasteiger partial charge in [-0.2, -0.15) is 0 Å². The van der Waals surface area contributed by atoms with Crippen LogP contribution >= 0.6 is 23.1 Å². The van der Waals surface area contributed by atoms with E-state index >= 15 is 0 Å². The summed E-state index contributed by atoms with van der Waals surface area (Å²) in [5.74, 6) is 0.0164. The Morgan fingerprint density at radius 2 is 1.62 bits per heavy atom. The summed E-state index contributed by atoms with van der Waals surface area (Å²) in [5.41, 5.74) is 3.31. The van der Waals surface area contributed by atoms with Crippen LogP contribution in [0.3, 0.4) is 0 Å². The summed E-state index contributed by atoms with van der Waals surface area (Å²) in [6.45, 7) is 3.90. The predicted octanol–water partition coefficient (Wildman–Crippen LogP) is 5.13. The van der Waals surface area contributed by atoms with Crippen LogP contribution < -0.4 is 5.32 Å². The third-order valence-corrected chi connectivity index (χ3v) is 8.20. The van der Waals surface area contributed by atoms with Gasteiger partial charge in [-0.05, 0) is 43.7 Å². The second-order valence-electron chi connectivity index (χ2n) is 7.04. The van der Waals surface area contributed by atoms with Gasteiger partial charge in [-0.15, -0.1) is 10.2 Å². The molecular weight excluding hydrogens is 466 g/mol. The number of furan rings is 1. The van der Waals surface area contributed by atoms with E-state index in [1.165, 1.54) is 58.5 Å². The highest BCUT2D eigenvalue weighted by atomic mass is 32.2. The average Bonchev–Trinajstić information content (AvgIpc) is 3.44. The molecule has 0 spiro atoms. The second-order valence-corrected chi connectivity index (χ2v) is 11.1. The molecule has 0 saturated carbocycles. The van der Waals surface area contributed by atoms with E-state index in [-0.39, 0.29) is 15.7 Å². The van der Waals surface area contributed by atoms with Crippen LogP contribution in [0.5, 0.6) is 0 Å². The molecule has 0 radical (unpaired) electrons. The number of aryl methyl sites for hydroxylation is 2. The normalized spacial score (nSPS) is 11.4. The lowest BCUT2D eigenvalue weighted by Crippen LogP contribution is -2.10. The quantitative estimate of drug-likeness (QED) is 0.286. The van der Waals surface area contributed by atoms with Crippen molar-refractivity contribution in [3.05, 3.63) is 83.1 Å². The van der Waals surface area contributed by atoms with E-state index in [1.807, 2.05) is 13.8 Å². The van der Waals surface area contributed by atoms with Crippen LogP contribution in [0.4, 0.5) is 5.13 Å². The minimum Gasteiger partial charge on any atom is -0.439 e. The monoisotopic (exact) mass is 485 g/mol. The van der Waals surface area contributed by atoms with Gasteiger partial charge in [-0.3, -0.25) is 10.1 Å². The van der Waals surface area contributed by atoms with Gasteiger partial charge in [0.25, 0.3) is 5.91 Å². The van der Waals surface area contributed by atoms with E-state index < -0.39 is 15.7 Å². The molecule has 2 aromatic heterocycles. The number of aromatic nitrogens is 2. The standard InChI is InChI=1S/C22H19N3O4S3/c1-14-3-7-16(8-4-14)13-30-22-25-24-21(31-22)23-20(26)18-11-12-19(29-18)32(27,28)17-9-5-15(2)6-10-17/h3-12H,13H2,1-2H3,(H,23,24,26). The highest BCUT2D eigenvalue weighted by Gasteiger charge is 2.24. The summed E-state index contributed by atoms with van der Waals surface area (Å²) in [7, 11) is -3.85. The van der Waals surface area contributed by atoms with E-state index in [2.05, 4.69) is 39.8 Å². The number of hydrogen-bond donors (Lipinski definition) is 1. The van der Waals surface area contributed by atoms with Crippen LogP contribution in [-0.2, 0) is 15.6 Å². The molecule has 0 aliphatic heterocycles. The van der Waals surface area contributed by atoms with Crippen molar-refractivity contribution < 1.29 is 17.6 Å². The molecule has 0 fully saturated rings. The van der Waals surface area contributed by atoms with Crippen molar-refractivity contribution in [3.8, 4) is 0 Å². The van der Waals surface area contributed by atoms with Gasteiger partial charge in [0.1, 0.15) is 0 Å². The number of carbonyl (C=O) groups is 1. The second kappa shape index (κ2) is 9.27. The van der Waals surface area contributed by atoms with E-state index in [0.29, 0.717) is 9.47 Å². The maximum absolute atomic E-state index is 12.7. The summed E-state index contributed by atoms with van der Waals surface area (Å²) in [6, 6.07) is 17.2. The Hall–Kier alpha value is -2.95. The molecule has 0 unspecified atom stereocenters. The average molecular weight is 486 g/mol. The van der Waals surface area contributed by atoms with Crippen LogP contribution in [0.1, 0.15) is 27.2 Å². The van der Waals surface area contributed by atoms with Crippen LogP contribution in [-0.4, -0.2) is 24.5 Å². The van der Waals surface area contributed by atoms with Crippen molar-refractivity contribution in [1.82, 2.24) is 10.2 Å². The van der Waals surface area contributed by atoms with Crippen LogP contribution in [0, 0.1) is 13.8 Å². The van der Waals surface area contributed by atoms with Crippen molar-refractivity contribution in [1.29, 1.82) is 0 Å². The van der Waals surface area contributed by atoms with Crippen molar-refractivity contribution >= 4 is 44.0 Å². The highest BCUT2D eigenvalue weighted by molar-refractivity contribution is 8.00. The molecule has 1 N–H and O–H groups in total. The van der Waals surface area contributed by atoms with Gasteiger partial charge >= 0.3 is 0 Å². The molecule has 0 aliphatic rings. The molecule has 10 heteroatoms. The highest BCUT2D eigenvalue weighted by Crippen LogP contribution is 2.29. The molecule has 0 saturated heterocycles. The third kappa shape index (κ3) is 5.09. The zero-order valence-corrected chi connectivity index (χ0v) is 19.7. The van der Waals surface area contributed by atoms with Gasteiger partial charge in [0, 0.05) is 5.75 Å². The van der Waals surface area contributed by atoms with Crippen molar-refractivity contribution in [2.45, 2.75) is 33.9 Å². The number of nitrogens with zero attached hydrogens (tertiary/aromatic N) is 2. The Morgan fingerprint density at radius 1 is 0.969 bits per heavy atom. The number of nitrogens with one attached hydrogen (secondary N) is 1. The first-order valence-corrected chi connectivity index (χ1v) is 12.8. The first kappa shape index (κ1) is 22.3. The minimum atomic E-state index is -3.85. The maximum Gasteiger partial charge on any atom is 0.293 e. The maximum atomic E-state index is 12.7. The fraction of sp³-hybridized carbons (Fsp3) is 0.136. The fourth-order valence-corrected chi connectivity index (χ4v) is 5.60. The molecule has 0 bridgehead atoms. The summed E-state index contributed by atoms with van der Waals surface area (Å²) >= 11 is 2.76. The number of thioether (sulfide) groups is 1. The number of hydrogen-bond acceptors (Lipinski definition) is 8. The number of carbonyl (C=O) groups excluding carboxylic acids is 1. The predicted molar refractivity (Wildman–Crippen MR) is 124 cm³/mol. The smallest absolute Gasteiger partial charge is 0.293 e. The van der Waals surface area contributed by atoms with Crippen molar-refractivity contribution in [2.75, 3.05) is 5.32 Å². The Bertz CT molecular complexity index is 1340. The zero-order valence-electron chi connectivity index (χ0n) is 17.2. The molecule has 4 aromatic rings. The van der Waals surface area contributed by atoms with Gasteiger partial charge in [-0.25, -0.2) is 8.42 Å². The van der Waals surface area contributed by atoms with E-state index in [9.17, 15) is 13.2 Å². The summed E-state index contributed by atoms with van der Waals surface area (Å²) in [5, 5.41) is 10.7. The summed E-state index contributed by atoms with van der Waals surface area (Å²) < 4.78 is 31.5. The Balaban J connectivity index is 1.40. The molecule has 7 nitrogen and oxygen atoms in total. The zero-order chi connectivity index (χ0) is 22.7. The van der Waals surface area contributed by atoms with Crippen molar-refractivity contribution in [2.24, 2.45) is 0 Å². The first-order chi connectivity index (χ1) is 15.3. The minimum absolute atomic E-state index is 0.101. The lowest BCUT2D eigenvalue weighted by molar-refractivity contribution is 0.0991. The fourth-order valence-electron chi connectivity index (χ4n) is 2.73. The molecule has 164 valence electrons. The van der Waals surface area contributed by atoms with E-state index in [0.717, 1.165) is 11.3 Å². The molecule has 32 heavy (non-hydrogen) atoms. The summed E-state index contributed by atoms with van der Waals surface area (Å²) in [6.07, 6.45) is 0. The van der Waals surface area contributed by atoms with Gasteiger partial charge in [0.05, 0.1) is 4.90 Å². The number of amides is 1. The Labute approximate surface area is 193 Å². The molecule has 1 amide bonds. The van der Waals surface area contributed by atoms with Crippen LogP contribution in [0.2, 0.25) is 0 Å². The van der Waals surface area contributed by atoms with Crippen molar-refractivity contribution in [3.63, 3.8) is 0 Å². The Kier molecular flexibility index (Phi) is 6.45. The molecular formula is C22H19N3O4S3. The van der Waals surface area contributed by atoms with E-state index in [1.54, 1.807) is 12.1 Å². The van der Waals surface area contributed by atoms with Gasteiger partial charge in [-0.1, -0.05) is 70.6 Å². The number of rotatable bonds is 7. The SMILES string of the molecule is Cc1ccc(CSc2nnc(NC(=O)c3ccc(S(=O)(=O)c4ccc(C)cc4)o3)s2)cc1.